The molecule has 0 radical (unpaired) electrons. The average molecular weight is 261 g/mol. The Kier molecular flexibility index (Phi) is 4.64. The average Bonchev–Trinajstić information content (AvgIpc) is 2.29. The van der Waals surface area contributed by atoms with Crippen LogP contribution in [0.2, 0.25) is 0 Å². The van der Waals surface area contributed by atoms with E-state index in [0.29, 0.717) is 0 Å². The van der Waals surface area contributed by atoms with E-state index < -0.39 is 0 Å². The predicted octanol–water partition coefficient (Wildman–Crippen LogP) is 4.03. The van der Waals surface area contributed by atoms with Gasteiger partial charge in [0.05, 0.1) is 11.6 Å². The highest BCUT2D eigenvalue weighted by atomic mass is 16.5. The van der Waals surface area contributed by atoms with Crippen molar-refractivity contribution in [2.24, 2.45) is 0 Å². The molecule has 0 amide bonds. The normalized spacial score (nSPS) is 18.1. The maximum atomic E-state index is 5.88. The van der Waals surface area contributed by atoms with Gasteiger partial charge in [0.15, 0.2) is 0 Å². The van der Waals surface area contributed by atoms with E-state index in [-0.39, 0.29) is 11.6 Å². The van der Waals surface area contributed by atoms with Crippen molar-refractivity contribution in [3.05, 3.63) is 35.4 Å². The van der Waals surface area contributed by atoms with Crippen LogP contribution < -0.4 is 5.32 Å². The third kappa shape index (κ3) is 3.18. The Balaban J connectivity index is 2.14. The largest absolute Gasteiger partial charge is 0.374 e. The van der Waals surface area contributed by atoms with Crippen molar-refractivity contribution in [2.45, 2.75) is 57.6 Å². The van der Waals surface area contributed by atoms with Gasteiger partial charge in [-0.15, -0.1) is 0 Å². The minimum atomic E-state index is -0.193. The third-order valence-corrected chi connectivity index (χ3v) is 4.35. The van der Waals surface area contributed by atoms with E-state index in [0.717, 1.165) is 12.5 Å². The Bertz CT molecular complexity index is 392. The fraction of sp³-hybridized carbons (Fsp3) is 0.647. The Hall–Kier alpha value is -0.860. The monoisotopic (exact) mass is 261 g/mol. The highest BCUT2D eigenvalue weighted by Crippen LogP contribution is 2.37. The van der Waals surface area contributed by atoms with Gasteiger partial charge in [-0.3, -0.25) is 0 Å². The third-order valence-electron chi connectivity index (χ3n) is 4.35. The van der Waals surface area contributed by atoms with Gasteiger partial charge in [-0.1, -0.05) is 30.7 Å². The second-order valence-corrected chi connectivity index (χ2v) is 6.05. The predicted molar refractivity (Wildman–Crippen MR) is 80.5 cm³/mol. The van der Waals surface area contributed by atoms with Crippen LogP contribution in [0.4, 0.5) is 0 Å². The van der Waals surface area contributed by atoms with Crippen molar-refractivity contribution < 1.29 is 4.74 Å². The number of nitrogens with one attached hydrogen (secondary N) is 1. The zero-order chi connectivity index (χ0) is 13.9. The molecule has 0 bridgehead atoms. The molecule has 1 aliphatic carbocycles. The molecule has 1 aliphatic rings. The molecule has 0 aromatic heterocycles. The molecular weight excluding hydrogens is 234 g/mol. The standard InChI is InChI=1S/C17H27NO/c1-5-19-17(2,3)16(18-4)15-11-9-14(10-12-15)13-7-6-8-13/h9-13,16,18H,5-8H2,1-4H3. The number of benzene rings is 1. The van der Waals surface area contributed by atoms with Gasteiger partial charge in [0.2, 0.25) is 0 Å². The summed E-state index contributed by atoms with van der Waals surface area (Å²) in [7, 11) is 2.01. The molecule has 0 heterocycles. The van der Waals surface area contributed by atoms with Crippen LogP contribution in [0, 0.1) is 0 Å². The van der Waals surface area contributed by atoms with Gasteiger partial charge in [0, 0.05) is 6.61 Å². The van der Waals surface area contributed by atoms with Gasteiger partial charge < -0.3 is 10.1 Å². The molecule has 106 valence electrons. The first-order valence-electron chi connectivity index (χ1n) is 7.49. The maximum absolute atomic E-state index is 5.88. The molecule has 0 aliphatic heterocycles. The molecule has 2 nitrogen and oxygen atoms in total. The summed E-state index contributed by atoms with van der Waals surface area (Å²) >= 11 is 0. The maximum Gasteiger partial charge on any atom is 0.0820 e. The van der Waals surface area contributed by atoms with Crippen LogP contribution in [0.25, 0.3) is 0 Å². The summed E-state index contributed by atoms with van der Waals surface area (Å²) in [4.78, 5) is 0. The first-order chi connectivity index (χ1) is 9.08. The Morgan fingerprint density at radius 2 is 1.89 bits per heavy atom. The van der Waals surface area contributed by atoms with E-state index in [4.69, 9.17) is 4.74 Å². The second-order valence-electron chi connectivity index (χ2n) is 6.05. The SMILES string of the molecule is CCOC(C)(C)C(NC)c1ccc(C2CCC2)cc1. The lowest BCUT2D eigenvalue weighted by Crippen LogP contribution is -2.40. The fourth-order valence-corrected chi connectivity index (χ4v) is 3.07. The molecule has 2 rings (SSSR count). The number of hydrogen-bond acceptors (Lipinski definition) is 2. The molecule has 1 aromatic rings. The van der Waals surface area contributed by atoms with E-state index in [2.05, 4.69) is 43.4 Å². The summed E-state index contributed by atoms with van der Waals surface area (Å²) in [6.45, 7) is 7.09. The van der Waals surface area contributed by atoms with E-state index >= 15 is 0 Å². The Morgan fingerprint density at radius 3 is 2.32 bits per heavy atom. The molecule has 1 unspecified atom stereocenters. The van der Waals surface area contributed by atoms with Crippen LogP contribution in [-0.4, -0.2) is 19.3 Å². The van der Waals surface area contributed by atoms with Gasteiger partial charge in [-0.25, -0.2) is 0 Å². The van der Waals surface area contributed by atoms with Crippen LogP contribution in [0.15, 0.2) is 24.3 Å². The van der Waals surface area contributed by atoms with E-state index in [1.54, 1.807) is 0 Å². The van der Waals surface area contributed by atoms with Gasteiger partial charge in [-0.2, -0.15) is 0 Å². The minimum absolute atomic E-state index is 0.193. The van der Waals surface area contributed by atoms with Crippen LogP contribution in [-0.2, 0) is 4.74 Å². The molecule has 2 heteroatoms. The molecule has 1 N–H and O–H groups in total. The van der Waals surface area contributed by atoms with Crippen molar-refractivity contribution in [1.29, 1.82) is 0 Å². The van der Waals surface area contributed by atoms with Gasteiger partial charge in [0.25, 0.3) is 0 Å². The molecule has 1 atom stereocenters. The summed E-state index contributed by atoms with van der Waals surface area (Å²) in [6, 6.07) is 9.34. The molecule has 0 spiro atoms. The highest BCUT2D eigenvalue weighted by molar-refractivity contribution is 5.29. The second kappa shape index (κ2) is 6.06. The summed E-state index contributed by atoms with van der Waals surface area (Å²) in [5, 5.41) is 3.40. The lowest BCUT2D eigenvalue weighted by molar-refractivity contribution is -0.0374. The molecule has 0 saturated heterocycles. The quantitative estimate of drug-likeness (QED) is 0.834. The van der Waals surface area contributed by atoms with E-state index in [1.165, 1.54) is 30.4 Å². The van der Waals surface area contributed by atoms with Crippen molar-refractivity contribution in [1.82, 2.24) is 5.32 Å². The smallest absolute Gasteiger partial charge is 0.0820 e. The molecule has 1 saturated carbocycles. The molecule has 1 aromatic carbocycles. The lowest BCUT2D eigenvalue weighted by Gasteiger charge is -2.34. The summed E-state index contributed by atoms with van der Waals surface area (Å²) in [5.41, 5.74) is 2.62. The number of rotatable bonds is 6. The van der Waals surface area contributed by atoms with Crippen LogP contribution in [0.3, 0.4) is 0 Å². The number of ether oxygens (including phenoxy) is 1. The highest BCUT2D eigenvalue weighted by Gasteiger charge is 2.30. The van der Waals surface area contributed by atoms with Crippen molar-refractivity contribution in [3.8, 4) is 0 Å². The Morgan fingerprint density at radius 1 is 1.26 bits per heavy atom. The summed E-state index contributed by atoms with van der Waals surface area (Å²) in [5.74, 6) is 0.807. The lowest BCUT2D eigenvalue weighted by atomic mass is 9.79. The molecule has 1 fully saturated rings. The van der Waals surface area contributed by atoms with Crippen molar-refractivity contribution in [3.63, 3.8) is 0 Å². The fourth-order valence-electron chi connectivity index (χ4n) is 3.07. The molecule has 19 heavy (non-hydrogen) atoms. The zero-order valence-electron chi connectivity index (χ0n) is 12.7. The number of hydrogen-bond donors (Lipinski definition) is 1. The van der Waals surface area contributed by atoms with Crippen LogP contribution in [0.5, 0.6) is 0 Å². The van der Waals surface area contributed by atoms with Crippen molar-refractivity contribution in [2.75, 3.05) is 13.7 Å². The summed E-state index contributed by atoms with van der Waals surface area (Å²) < 4.78 is 5.88. The van der Waals surface area contributed by atoms with Crippen LogP contribution in [0.1, 0.15) is 63.1 Å². The van der Waals surface area contributed by atoms with Gasteiger partial charge in [-0.05, 0) is 57.7 Å². The number of likely N-dealkylation sites (N-methyl/N-ethyl adjacent to an activating group) is 1. The first kappa shape index (κ1) is 14.5. The topological polar surface area (TPSA) is 21.3 Å². The van der Waals surface area contributed by atoms with Gasteiger partial charge in [0.1, 0.15) is 0 Å². The van der Waals surface area contributed by atoms with E-state index in [1.807, 2.05) is 14.0 Å². The van der Waals surface area contributed by atoms with Gasteiger partial charge >= 0.3 is 0 Å². The van der Waals surface area contributed by atoms with Crippen LogP contribution >= 0.6 is 0 Å². The Labute approximate surface area is 117 Å². The zero-order valence-corrected chi connectivity index (χ0v) is 12.7. The first-order valence-corrected chi connectivity index (χ1v) is 7.49. The van der Waals surface area contributed by atoms with Crippen molar-refractivity contribution >= 4 is 0 Å². The van der Waals surface area contributed by atoms with E-state index in [9.17, 15) is 0 Å². The summed E-state index contributed by atoms with van der Waals surface area (Å²) in [6.07, 6.45) is 4.11. The minimum Gasteiger partial charge on any atom is -0.374 e. The molecular formula is C17H27NO.